The average Bonchev–Trinajstić information content (AvgIpc) is 3.02. The van der Waals surface area contributed by atoms with Crippen LogP contribution in [0, 0.1) is 0 Å². The van der Waals surface area contributed by atoms with Crippen LogP contribution in [0.25, 0.3) is 0 Å². The number of hydrogen-bond acceptors (Lipinski definition) is 7. The van der Waals surface area contributed by atoms with Crippen LogP contribution < -0.4 is 15.1 Å². The Bertz CT molecular complexity index is 1700. The first-order valence-corrected chi connectivity index (χ1v) is 15.7. The van der Waals surface area contributed by atoms with Crippen molar-refractivity contribution in [3.63, 3.8) is 0 Å². The number of unbranched alkanes of at least 4 members (excludes halogenated alkanes) is 1. The number of fused-ring (bicyclic) bond motifs is 1. The molecule has 0 spiro atoms. The molecule has 0 saturated carbocycles. The first-order chi connectivity index (χ1) is 23.7. The molecule has 278 valence electrons. The van der Waals surface area contributed by atoms with Crippen molar-refractivity contribution in [1.29, 1.82) is 0 Å². The van der Waals surface area contributed by atoms with Gasteiger partial charge in [0.15, 0.2) is 0 Å². The molecule has 0 fully saturated rings. The van der Waals surface area contributed by atoms with Crippen LogP contribution in [0.1, 0.15) is 78.6 Å². The Labute approximate surface area is 286 Å². The number of aliphatic carboxylic acids is 1. The standard InChI is InChI=1S/C33H34F9N5O4/c1-4-22-16-24(23-15-19(31(34,35)36)8-9-26(23)47(22)30(50)51-10-6-5-7-28(48)49)44-29-43-17-27(46(2)3)25(45-29)13-18-11-20(32(37,38)39)14-21(12-18)33(40,41)42/h8-9,11-12,14-15,17,22,24H,4-7,10,13,16H2,1-3H3,(H,48,49)(H,43,44,45)/t22-,24+/m1/s1. The van der Waals surface area contributed by atoms with Gasteiger partial charge in [-0.25, -0.2) is 14.8 Å². The minimum atomic E-state index is -5.07. The fourth-order valence-corrected chi connectivity index (χ4v) is 5.73. The molecule has 4 rings (SSSR count). The highest BCUT2D eigenvalue weighted by molar-refractivity contribution is 5.90. The molecular weight excluding hydrogens is 701 g/mol. The number of benzene rings is 2. The van der Waals surface area contributed by atoms with E-state index in [4.69, 9.17) is 9.84 Å². The number of nitrogens with one attached hydrogen (secondary N) is 1. The van der Waals surface area contributed by atoms with Crippen molar-refractivity contribution in [3.05, 3.63) is 76.1 Å². The lowest BCUT2D eigenvalue weighted by molar-refractivity contribution is -0.143. The van der Waals surface area contributed by atoms with Gasteiger partial charge in [0, 0.05) is 33.0 Å². The number of nitrogens with zero attached hydrogens (tertiary/aromatic N) is 4. The van der Waals surface area contributed by atoms with Gasteiger partial charge in [0.2, 0.25) is 5.95 Å². The van der Waals surface area contributed by atoms with Crippen molar-refractivity contribution < 1.29 is 58.9 Å². The molecule has 1 aromatic heterocycles. The molecule has 0 aliphatic carbocycles. The lowest BCUT2D eigenvalue weighted by Crippen LogP contribution is -2.46. The molecule has 1 aliphatic rings. The van der Waals surface area contributed by atoms with Gasteiger partial charge in [-0.1, -0.05) is 6.92 Å². The summed E-state index contributed by atoms with van der Waals surface area (Å²) in [7, 11) is 3.12. The summed E-state index contributed by atoms with van der Waals surface area (Å²) in [5.41, 5.74) is -3.93. The van der Waals surface area contributed by atoms with Gasteiger partial charge >= 0.3 is 30.6 Å². The summed E-state index contributed by atoms with van der Waals surface area (Å²) in [6.45, 7) is 1.62. The third-order valence-electron chi connectivity index (χ3n) is 8.19. The van der Waals surface area contributed by atoms with Gasteiger partial charge in [0.1, 0.15) is 0 Å². The predicted molar refractivity (Wildman–Crippen MR) is 167 cm³/mol. The molecule has 2 atom stereocenters. The molecule has 0 bridgehead atoms. The van der Waals surface area contributed by atoms with Crippen LogP contribution >= 0.6 is 0 Å². The van der Waals surface area contributed by atoms with Crippen molar-refractivity contribution in [3.8, 4) is 0 Å². The topological polar surface area (TPSA) is 108 Å². The second-order valence-electron chi connectivity index (χ2n) is 12.1. The first kappa shape index (κ1) is 39.0. The van der Waals surface area contributed by atoms with Gasteiger partial charge in [-0.15, -0.1) is 0 Å². The van der Waals surface area contributed by atoms with E-state index in [1.807, 2.05) is 0 Å². The number of carbonyl (C=O) groups is 2. The fourth-order valence-electron chi connectivity index (χ4n) is 5.73. The van der Waals surface area contributed by atoms with Crippen LogP contribution in [0.3, 0.4) is 0 Å². The maximum atomic E-state index is 13.9. The summed E-state index contributed by atoms with van der Waals surface area (Å²) in [6.07, 6.45) is -14.2. The number of aromatic nitrogens is 2. The molecule has 0 unspecified atom stereocenters. The van der Waals surface area contributed by atoms with E-state index in [0.717, 1.165) is 18.2 Å². The molecule has 18 heteroatoms. The van der Waals surface area contributed by atoms with E-state index < -0.39 is 65.8 Å². The van der Waals surface area contributed by atoms with Crippen molar-refractivity contribution >= 4 is 29.4 Å². The number of amides is 1. The van der Waals surface area contributed by atoms with E-state index in [-0.39, 0.29) is 72.5 Å². The molecule has 3 aromatic rings. The van der Waals surface area contributed by atoms with E-state index in [1.165, 1.54) is 16.0 Å². The zero-order valence-electron chi connectivity index (χ0n) is 27.5. The van der Waals surface area contributed by atoms with E-state index in [1.54, 1.807) is 21.0 Å². The number of anilines is 3. The van der Waals surface area contributed by atoms with Gasteiger partial charge in [0.25, 0.3) is 0 Å². The molecule has 2 heterocycles. The second-order valence-corrected chi connectivity index (χ2v) is 12.1. The quantitative estimate of drug-likeness (QED) is 0.149. The lowest BCUT2D eigenvalue weighted by atomic mass is 9.89. The number of carboxylic acid groups (broad SMARTS) is 1. The summed E-state index contributed by atoms with van der Waals surface area (Å²) < 4.78 is 128. The summed E-state index contributed by atoms with van der Waals surface area (Å²) in [6, 6.07) is 2.46. The molecule has 2 N–H and O–H groups in total. The Kier molecular flexibility index (Phi) is 11.7. The monoisotopic (exact) mass is 735 g/mol. The highest BCUT2D eigenvalue weighted by Crippen LogP contribution is 2.43. The highest BCUT2D eigenvalue weighted by atomic mass is 19.4. The smallest absolute Gasteiger partial charge is 0.416 e. The highest BCUT2D eigenvalue weighted by Gasteiger charge is 2.40. The number of rotatable bonds is 11. The van der Waals surface area contributed by atoms with E-state index >= 15 is 0 Å². The molecule has 0 saturated heterocycles. The number of alkyl halides is 9. The normalized spacial score (nSPS) is 16.4. The minimum Gasteiger partial charge on any atom is -0.481 e. The van der Waals surface area contributed by atoms with Crippen LogP contribution in [0.2, 0.25) is 0 Å². The lowest BCUT2D eigenvalue weighted by Gasteiger charge is -2.40. The molecule has 51 heavy (non-hydrogen) atoms. The van der Waals surface area contributed by atoms with E-state index in [0.29, 0.717) is 18.6 Å². The van der Waals surface area contributed by atoms with Crippen LogP contribution in [0.15, 0.2) is 42.6 Å². The minimum absolute atomic E-state index is 0.0156. The largest absolute Gasteiger partial charge is 0.481 e. The number of carboxylic acids is 1. The van der Waals surface area contributed by atoms with Crippen LogP contribution in [-0.4, -0.2) is 53.9 Å². The van der Waals surface area contributed by atoms with Gasteiger partial charge in [0.05, 0.1) is 52.6 Å². The van der Waals surface area contributed by atoms with E-state index in [2.05, 4.69) is 15.3 Å². The summed E-state index contributed by atoms with van der Waals surface area (Å²) in [5, 5.41) is 11.8. The van der Waals surface area contributed by atoms with Crippen LogP contribution in [-0.2, 0) is 34.5 Å². The maximum absolute atomic E-state index is 13.9. The van der Waals surface area contributed by atoms with Crippen LogP contribution in [0.4, 0.5) is 61.6 Å². The molecule has 1 amide bonds. The summed E-state index contributed by atoms with van der Waals surface area (Å²) in [5.74, 6) is -1.19. The van der Waals surface area contributed by atoms with Gasteiger partial charge < -0.3 is 20.1 Å². The zero-order valence-corrected chi connectivity index (χ0v) is 27.5. The Morgan fingerprint density at radius 2 is 1.57 bits per heavy atom. The van der Waals surface area contributed by atoms with Crippen molar-refractivity contribution in [2.24, 2.45) is 0 Å². The van der Waals surface area contributed by atoms with E-state index in [9.17, 15) is 49.1 Å². The molecule has 0 radical (unpaired) electrons. The average molecular weight is 736 g/mol. The molecule has 2 aromatic carbocycles. The van der Waals surface area contributed by atoms with Gasteiger partial charge in [-0.05, 0) is 73.2 Å². The predicted octanol–water partition coefficient (Wildman–Crippen LogP) is 8.72. The second kappa shape index (κ2) is 15.2. The molecule has 1 aliphatic heterocycles. The van der Waals surface area contributed by atoms with Crippen molar-refractivity contribution in [2.75, 3.05) is 35.8 Å². The third-order valence-corrected chi connectivity index (χ3v) is 8.19. The Morgan fingerprint density at radius 1 is 0.941 bits per heavy atom. The van der Waals surface area contributed by atoms with Crippen molar-refractivity contribution in [2.45, 2.75) is 76.1 Å². The Hall–Kier alpha value is -4.77. The molecule has 9 nitrogen and oxygen atoms in total. The van der Waals surface area contributed by atoms with Gasteiger partial charge in [-0.2, -0.15) is 39.5 Å². The SMILES string of the molecule is CC[C@@H]1C[C@H](Nc2ncc(N(C)C)c(Cc3cc(C(F)(F)F)cc(C(F)(F)F)c3)n2)c2cc(C(F)(F)F)ccc2N1C(=O)OCCCCC(=O)O. The number of ether oxygens (including phenoxy) is 1. The number of halogens is 9. The maximum Gasteiger partial charge on any atom is 0.416 e. The van der Waals surface area contributed by atoms with Crippen molar-refractivity contribution in [1.82, 2.24) is 9.97 Å². The third kappa shape index (κ3) is 9.72. The number of hydrogen-bond donors (Lipinski definition) is 2. The molecular formula is C33H34F9N5O4. The summed E-state index contributed by atoms with van der Waals surface area (Å²) >= 11 is 0. The van der Waals surface area contributed by atoms with Gasteiger partial charge in [-0.3, -0.25) is 9.69 Å². The fraction of sp³-hybridized carbons (Fsp3) is 0.455. The number of carbonyl (C=O) groups excluding carboxylic acids is 1. The Balaban J connectivity index is 1.71. The van der Waals surface area contributed by atoms with Crippen LogP contribution in [0.5, 0.6) is 0 Å². The summed E-state index contributed by atoms with van der Waals surface area (Å²) in [4.78, 5) is 35.4. The Morgan fingerprint density at radius 3 is 2.12 bits per heavy atom. The zero-order chi connectivity index (χ0) is 37.9. The first-order valence-electron chi connectivity index (χ1n) is 15.7.